The van der Waals surface area contributed by atoms with E-state index in [2.05, 4.69) is 5.32 Å². The average molecular weight is 419 g/mol. The molecule has 1 amide bonds. The minimum atomic E-state index is -0.153. The molecule has 0 aliphatic rings. The third kappa shape index (κ3) is 6.30. The molecule has 0 saturated heterocycles. The Labute approximate surface area is 167 Å². The highest BCUT2D eigenvalue weighted by atomic mass is 35.5. The maximum Gasteiger partial charge on any atom is 0.251 e. The van der Waals surface area contributed by atoms with Gasteiger partial charge in [0, 0.05) is 23.6 Å². The lowest BCUT2D eigenvalue weighted by Crippen LogP contribution is -2.25. The first kappa shape index (κ1) is 20.2. The number of thioether (sulfide) groups is 1. The predicted molar refractivity (Wildman–Crippen MR) is 108 cm³/mol. The van der Waals surface area contributed by atoms with Crippen LogP contribution in [0.3, 0.4) is 0 Å². The molecule has 2 rings (SSSR count). The molecule has 0 unspecified atom stereocenters. The molecule has 0 heterocycles. The standard InChI is InChI=1S/C18H18Cl3NO2S/c1-2-24-17-6-4-13(10-16(17)21)18(23)22-7-8-25-11-12-3-5-14(19)15(20)9-12/h3-6,9-10H,2,7-8,11H2,1H3,(H,22,23). The van der Waals surface area contributed by atoms with Gasteiger partial charge in [-0.1, -0.05) is 40.9 Å². The van der Waals surface area contributed by atoms with Gasteiger partial charge in [-0.3, -0.25) is 4.79 Å². The monoisotopic (exact) mass is 417 g/mol. The van der Waals surface area contributed by atoms with E-state index in [1.54, 1.807) is 36.0 Å². The molecule has 0 aliphatic heterocycles. The molecule has 0 spiro atoms. The van der Waals surface area contributed by atoms with Crippen molar-refractivity contribution in [3.05, 3.63) is 62.6 Å². The summed E-state index contributed by atoms with van der Waals surface area (Å²) < 4.78 is 5.36. The summed E-state index contributed by atoms with van der Waals surface area (Å²) in [6.07, 6.45) is 0. The fourth-order valence-corrected chi connectivity index (χ4v) is 3.43. The number of amides is 1. The van der Waals surface area contributed by atoms with Gasteiger partial charge in [-0.25, -0.2) is 0 Å². The molecule has 0 bridgehead atoms. The van der Waals surface area contributed by atoms with Crippen LogP contribution >= 0.6 is 46.6 Å². The van der Waals surface area contributed by atoms with Crippen LogP contribution in [0.15, 0.2) is 36.4 Å². The Morgan fingerprint density at radius 3 is 2.56 bits per heavy atom. The van der Waals surface area contributed by atoms with Crippen molar-refractivity contribution in [2.75, 3.05) is 18.9 Å². The summed E-state index contributed by atoms with van der Waals surface area (Å²) in [6, 6.07) is 10.6. The molecule has 25 heavy (non-hydrogen) atoms. The van der Waals surface area contributed by atoms with Crippen LogP contribution in [0.1, 0.15) is 22.8 Å². The van der Waals surface area contributed by atoms with Crippen molar-refractivity contribution in [3.8, 4) is 5.75 Å². The van der Waals surface area contributed by atoms with Gasteiger partial charge in [-0.05, 0) is 42.8 Å². The summed E-state index contributed by atoms with van der Waals surface area (Å²) >= 11 is 19.7. The summed E-state index contributed by atoms with van der Waals surface area (Å²) in [5, 5.41) is 4.42. The first-order valence-corrected chi connectivity index (χ1v) is 10.0. The molecule has 0 aromatic heterocycles. The lowest BCUT2D eigenvalue weighted by Gasteiger charge is -2.09. The number of nitrogens with one attached hydrogen (secondary N) is 1. The van der Waals surface area contributed by atoms with E-state index in [0.29, 0.717) is 39.5 Å². The topological polar surface area (TPSA) is 38.3 Å². The largest absolute Gasteiger partial charge is 0.492 e. The van der Waals surface area contributed by atoms with Crippen LogP contribution in [0.4, 0.5) is 0 Å². The van der Waals surface area contributed by atoms with Gasteiger partial charge in [0.1, 0.15) is 5.75 Å². The summed E-state index contributed by atoms with van der Waals surface area (Å²) in [5.41, 5.74) is 1.62. The number of rotatable bonds is 8. The summed E-state index contributed by atoms with van der Waals surface area (Å²) in [4.78, 5) is 12.1. The van der Waals surface area contributed by atoms with Crippen molar-refractivity contribution in [2.24, 2.45) is 0 Å². The second-order valence-electron chi connectivity index (χ2n) is 5.14. The van der Waals surface area contributed by atoms with Crippen molar-refractivity contribution in [1.29, 1.82) is 0 Å². The fraction of sp³-hybridized carbons (Fsp3) is 0.278. The van der Waals surface area contributed by atoms with Crippen LogP contribution in [0, 0.1) is 0 Å². The van der Waals surface area contributed by atoms with Crippen LogP contribution in [0.5, 0.6) is 5.75 Å². The molecule has 0 atom stereocenters. The molecule has 0 saturated carbocycles. The van der Waals surface area contributed by atoms with Gasteiger partial charge in [-0.2, -0.15) is 11.8 Å². The lowest BCUT2D eigenvalue weighted by atomic mass is 10.2. The van der Waals surface area contributed by atoms with Crippen molar-refractivity contribution >= 4 is 52.5 Å². The van der Waals surface area contributed by atoms with Gasteiger partial charge in [-0.15, -0.1) is 0 Å². The zero-order valence-corrected chi connectivity index (χ0v) is 16.7. The molecule has 2 aromatic rings. The Hall–Kier alpha value is -1.07. The number of carbonyl (C=O) groups excluding carboxylic acids is 1. The summed E-state index contributed by atoms with van der Waals surface area (Å²) in [7, 11) is 0. The van der Waals surface area contributed by atoms with Crippen molar-refractivity contribution in [2.45, 2.75) is 12.7 Å². The zero-order chi connectivity index (χ0) is 18.2. The molecule has 2 aromatic carbocycles. The van der Waals surface area contributed by atoms with Crippen LogP contribution in [0.25, 0.3) is 0 Å². The Morgan fingerprint density at radius 1 is 1.08 bits per heavy atom. The Morgan fingerprint density at radius 2 is 1.88 bits per heavy atom. The van der Waals surface area contributed by atoms with E-state index in [1.165, 1.54) is 0 Å². The zero-order valence-electron chi connectivity index (χ0n) is 13.7. The van der Waals surface area contributed by atoms with Crippen molar-refractivity contribution in [1.82, 2.24) is 5.32 Å². The van der Waals surface area contributed by atoms with Gasteiger partial charge in [0.25, 0.3) is 5.91 Å². The number of hydrogen-bond donors (Lipinski definition) is 1. The van der Waals surface area contributed by atoms with Crippen molar-refractivity contribution < 1.29 is 9.53 Å². The smallest absolute Gasteiger partial charge is 0.251 e. The maximum absolute atomic E-state index is 12.1. The fourth-order valence-electron chi connectivity index (χ4n) is 2.07. The van der Waals surface area contributed by atoms with Crippen LogP contribution in [0.2, 0.25) is 15.1 Å². The number of benzene rings is 2. The van der Waals surface area contributed by atoms with Gasteiger partial charge >= 0.3 is 0 Å². The predicted octanol–water partition coefficient (Wildman–Crippen LogP) is 5.71. The molecular weight excluding hydrogens is 401 g/mol. The Kier molecular flexibility index (Phi) is 8.24. The molecule has 0 radical (unpaired) electrons. The van der Waals surface area contributed by atoms with E-state index in [9.17, 15) is 4.79 Å². The molecule has 1 N–H and O–H groups in total. The number of carbonyl (C=O) groups is 1. The van der Waals surface area contributed by atoms with Crippen LogP contribution < -0.4 is 10.1 Å². The minimum Gasteiger partial charge on any atom is -0.492 e. The normalized spacial score (nSPS) is 10.6. The van der Waals surface area contributed by atoms with Gasteiger partial charge in [0.05, 0.1) is 21.7 Å². The molecule has 0 aliphatic carbocycles. The van der Waals surface area contributed by atoms with Crippen LogP contribution in [-0.4, -0.2) is 24.8 Å². The van der Waals surface area contributed by atoms with Crippen LogP contribution in [-0.2, 0) is 5.75 Å². The SMILES string of the molecule is CCOc1ccc(C(=O)NCCSCc2ccc(Cl)c(Cl)c2)cc1Cl. The summed E-state index contributed by atoms with van der Waals surface area (Å²) in [5.74, 6) is 2.02. The highest BCUT2D eigenvalue weighted by Crippen LogP contribution is 2.26. The quantitative estimate of drug-likeness (QED) is 0.558. The number of ether oxygens (including phenoxy) is 1. The molecule has 7 heteroatoms. The lowest BCUT2D eigenvalue weighted by molar-refractivity contribution is 0.0956. The van der Waals surface area contributed by atoms with E-state index < -0.39 is 0 Å². The van der Waals surface area contributed by atoms with E-state index in [4.69, 9.17) is 39.5 Å². The van der Waals surface area contributed by atoms with E-state index in [0.717, 1.165) is 17.1 Å². The second-order valence-corrected chi connectivity index (χ2v) is 7.46. The molecular formula is C18H18Cl3NO2S. The maximum atomic E-state index is 12.1. The van der Waals surface area contributed by atoms with Gasteiger partial charge < -0.3 is 10.1 Å². The third-order valence-corrected chi connectivity index (χ3v) is 5.34. The first-order valence-electron chi connectivity index (χ1n) is 7.73. The second kappa shape index (κ2) is 10.2. The van der Waals surface area contributed by atoms with Gasteiger partial charge in [0.2, 0.25) is 0 Å². The highest BCUT2D eigenvalue weighted by Gasteiger charge is 2.09. The van der Waals surface area contributed by atoms with Gasteiger partial charge in [0.15, 0.2) is 0 Å². The van der Waals surface area contributed by atoms with E-state index in [1.807, 2.05) is 19.1 Å². The third-order valence-electron chi connectivity index (χ3n) is 3.28. The van der Waals surface area contributed by atoms with Crippen molar-refractivity contribution in [3.63, 3.8) is 0 Å². The first-order chi connectivity index (χ1) is 12.0. The Balaban J connectivity index is 1.75. The van der Waals surface area contributed by atoms with E-state index in [-0.39, 0.29) is 5.91 Å². The summed E-state index contributed by atoms with van der Waals surface area (Å²) in [6.45, 7) is 2.98. The molecule has 134 valence electrons. The average Bonchev–Trinajstić information content (AvgIpc) is 2.59. The molecule has 3 nitrogen and oxygen atoms in total. The number of halogens is 3. The minimum absolute atomic E-state index is 0.153. The molecule has 0 fully saturated rings. The highest BCUT2D eigenvalue weighted by molar-refractivity contribution is 7.98. The number of hydrogen-bond acceptors (Lipinski definition) is 3. The van der Waals surface area contributed by atoms with E-state index >= 15 is 0 Å². The Bertz CT molecular complexity index is 740.